The zero-order valence-electron chi connectivity index (χ0n) is 14.8. The van der Waals surface area contributed by atoms with Crippen LogP contribution in [0.3, 0.4) is 0 Å². The van der Waals surface area contributed by atoms with Crippen LogP contribution < -0.4 is 15.4 Å². The van der Waals surface area contributed by atoms with Crippen molar-refractivity contribution in [3.8, 4) is 5.75 Å². The normalized spacial score (nSPS) is 10.3. The van der Waals surface area contributed by atoms with E-state index in [-0.39, 0.29) is 11.6 Å². The molecule has 0 aliphatic heterocycles. The smallest absolute Gasteiger partial charge is 0.276 e. The van der Waals surface area contributed by atoms with Crippen molar-refractivity contribution in [2.45, 2.75) is 6.42 Å². The summed E-state index contributed by atoms with van der Waals surface area (Å²) in [6.07, 6.45) is 0.806. The van der Waals surface area contributed by atoms with Crippen LogP contribution in [0.2, 0.25) is 5.02 Å². The van der Waals surface area contributed by atoms with Crippen molar-refractivity contribution in [3.63, 3.8) is 0 Å². The Kier molecular flexibility index (Phi) is 6.22. The van der Waals surface area contributed by atoms with Gasteiger partial charge in [-0.15, -0.1) is 10.2 Å². The average Bonchev–Trinajstić information content (AvgIpc) is 2.69. The lowest BCUT2D eigenvalue weighted by Crippen LogP contribution is -2.15. The number of benzene rings is 2. The van der Waals surface area contributed by atoms with Gasteiger partial charge in [0.1, 0.15) is 11.6 Å². The molecular formula is C20H19ClN4O2. The molecule has 0 saturated carbocycles. The van der Waals surface area contributed by atoms with Gasteiger partial charge >= 0.3 is 0 Å². The Morgan fingerprint density at radius 2 is 1.93 bits per heavy atom. The highest BCUT2D eigenvalue weighted by Gasteiger charge is 2.09. The van der Waals surface area contributed by atoms with Gasteiger partial charge in [-0.3, -0.25) is 4.79 Å². The summed E-state index contributed by atoms with van der Waals surface area (Å²) < 4.78 is 5.14. The van der Waals surface area contributed by atoms with E-state index < -0.39 is 0 Å². The molecule has 138 valence electrons. The summed E-state index contributed by atoms with van der Waals surface area (Å²) in [5.41, 5.74) is 2.00. The van der Waals surface area contributed by atoms with Gasteiger partial charge < -0.3 is 15.4 Å². The second-order valence-electron chi connectivity index (χ2n) is 5.80. The zero-order chi connectivity index (χ0) is 19.1. The van der Waals surface area contributed by atoms with Crippen molar-refractivity contribution in [3.05, 3.63) is 76.9 Å². The third kappa shape index (κ3) is 5.43. The van der Waals surface area contributed by atoms with Crippen molar-refractivity contribution >= 4 is 29.0 Å². The van der Waals surface area contributed by atoms with Crippen LogP contribution in [-0.4, -0.2) is 29.8 Å². The molecule has 0 atom stereocenters. The number of carbonyl (C=O) groups excluding carboxylic acids is 1. The number of nitrogens with one attached hydrogen (secondary N) is 2. The monoisotopic (exact) mass is 382 g/mol. The maximum absolute atomic E-state index is 12.3. The number of ether oxygens (including phenoxy) is 1. The number of rotatable bonds is 7. The molecule has 0 fully saturated rings. The summed E-state index contributed by atoms with van der Waals surface area (Å²) in [5, 5.41) is 14.7. The molecule has 3 aromatic rings. The topological polar surface area (TPSA) is 76.1 Å². The van der Waals surface area contributed by atoms with Crippen molar-refractivity contribution < 1.29 is 9.53 Å². The quantitative estimate of drug-likeness (QED) is 0.644. The number of amides is 1. The van der Waals surface area contributed by atoms with Gasteiger partial charge in [-0.05, 0) is 48.4 Å². The summed E-state index contributed by atoms with van der Waals surface area (Å²) in [5.74, 6) is 0.939. The zero-order valence-corrected chi connectivity index (χ0v) is 15.5. The Bertz CT molecular complexity index is 916. The van der Waals surface area contributed by atoms with Gasteiger partial charge in [-0.1, -0.05) is 29.8 Å². The predicted molar refractivity (Wildman–Crippen MR) is 107 cm³/mol. The number of halogens is 1. The number of hydrogen-bond donors (Lipinski definition) is 2. The van der Waals surface area contributed by atoms with Crippen LogP contribution in [-0.2, 0) is 6.42 Å². The molecule has 0 spiro atoms. The van der Waals surface area contributed by atoms with Crippen molar-refractivity contribution in [1.82, 2.24) is 10.2 Å². The first-order valence-electron chi connectivity index (χ1n) is 8.41. The molecule has 6 nitrogen and oxygen atoms in total. The van der Waals surface area contributed by atoms with Crippen LogP contribution in [0.4, 0.5) is 11.5 Å². The fourth-order valence-electron chi connectivity index (χ4n) is 2.47. The second-order valence-corrected chi connectivity index (χ2v) is 6.23. The molecule has 1 heterocycles. The minimum absolute atomic E-state index is 0.234. The number of nitrogens with zero attached hydrogens (tertiary/aromatic N) is 2. The number of carbonyl (C=O) groups is 1. The lowest BCUT2D eigenvalue weighted by Gasteiger charge is -2.08. The maximum Gasteiger partial charge on any atom is 0.276 e. The molecule has 7 heteroatoms. The van der Waals surface area contributed by atoms with Crippen LogP contribution in [0.15, 0.2) is 60.7 Å². The molecule has 0 aliphatic carbocycles. The Hall–Kier alpha value is -3.12. The third-order valence-electron chi connectivity index (χ3n) is 3.83. The van der Waals surface area contributed by atoms with Crippen molar-refractivity contribution in [2.75, 3.05) is 24.3 Å². The van der Waals surface area contributed by atoms with Gasteiger partial charge in [-0.25, -0.2) is 0 Å². The van der Waals surface area contributed by atoms with Crippen molar-refractivity contribution in [1.29, 1.82) is 0 Å². The van der Waals surface area contributed by atoms with E-state index in [2.05, 4.69) is 20.8 Å². The van der Waals surface area contributed by atoms with Gasteiger partial charge in [0.25, 0.3) is 5.91 Å². The first-order valence-corrected chi connectivity index (χ1v) is 8.79. The predicted octanol–water partition coefficient (Wildman–Crippen LogP) is 4.05. The number of hydrogen-bond acceptors (Lipinski definition) is 5. The second kappa shape index (κ2) is 9.00. The highest BCUT2D eigenvalue weighted by molar-refractivity contribution is 6.30. The van der Waals surface area contributed by atoms with E-state index in [0.717, 1.165) is 17.0 Å². The van der Waals surface area contributed by atoms with Gasteiger partial charge in [0.2, 0.25) is 0 Å². The van der Waals surface area contributed by atoms with Crippen molar-refractivity contribution in [2.24, 2.45) is 0 Å². The van der Waals surface area contributed by atoms with Gasteiger partial charge in [0.05, 0.1) is 7.11 Å². The molecule has 0 unspecified atom stereocenters. The SMILES string of the molecule is COc1cccc(NC(=O)c2ccc(NCCc3cccc(Cl)c3)nn2)c1. The van der Waals surface area contributed by atoms with E-state index in [1.807, 2.05) is 24.3 Å². The van der Waals surface area contributed by atoms with E-state index >= 15 is 0 Å². The Morgan fingerprint density at radius 1 is 1.07 bits per heavy atom. The first kappa shape index (κ1) is 18.7. The molecule has 27 heavy (non-hydrogen) atoms. The molecular weight excluding hydrogens is 364 g/mol. The van der Waals surface area contributed by atoms with Crippen LogP contribution in [0.1, 0.15) is 16.1 Å². The molecule has 0 aliphatic rings. The fraction of sp³-hybridized carbons (Fsp3) is 0.150. The number of aromatic nitrogens is 2. The number of methoxy groups -OCH3 is 1. The van der Waals surface area contributed by atoms with E-state index in [9.17, 15) is 4.79 Å². The molecule has 0 bridgehead atoms. The fourth-order valence-corrected chi connectivity index (χ4v) is 2.68. The van der Waals surface area contributed by atoms with Gasteiger partial charge in [0.15, 0.2) is 5.69 Å². The standard InChI is InChI=1S/C20H19ClN4O2/c1-27-17-7-3-6-16(13-17)23-20(26)18-8-9-19(25-24-18)22-11-10-14-4-2-5-15(21)12-14/h2-9,12-13H,10-11H2,1H3,(H,22,25)(H,23,26). The highest BCUT2D eigenvalue weighted by Crippen LogP contribution is 2.17. The van der Waals surface area contributed by atoms with Gasteiger partial charge in [0, 0.05) is 23.3 Å². The minimum Gasteiger partial charge on any atom is -0.497 e. The summed E-state index contributed by atoms with van der Waals surface area (Å²) in [6.45, 7) is 0.685. The molecule has 0 saturated heterocycles. The first-order chi connectivity index (χ1) is 13.1. The molecule has 2 N–H and O–H groups in total. The average molecular weight is 383 g/mol. The van der Waals surface area contributed by atoms with E-state index in [0.29, 0.717) is 23.8 Å². The third-order valence-corrected chi connectivity index (χ3v) is 4.07. The summed E-state index contributed by atoms with van der Waals surface area (Å²) >= 11 is 5.98. The number of anilines is 2. The maximum atomic E-state index is 12.3. The van der Waals surface area contributed by atoms with Gasteiger partial charge in [-0.2, -0.15) is 0 Å². The lowest BCUT2D eigenvalue weighted by atomic mass is 10.1. The van der Waals surface area contributed by atoms with Crippen LogP contribution in [0, 0.1) is 0 Å². The Labute approximate surface area is 162 Å². The highest BCUT2D eigenvalue weighted by atomic mass is 35.5. The van der Waals surface area contributed by atoms with E-state index in [1.165, 1.54) is 0 Å². The van der Waals surface area contributed by atoms with E-state index in [4.69, 9.17) is 16.3 Å². The molecule has 0 radical (unpaired) electrons. The Morgan fingerprint density at radius 3 is 2.67 bits per heavy atom. The molecule has 3 rings (SSSR count). The van der Waals surface area contributed by atoms with Crippen LogP contribution in [0.25, 0.3) is 0 Å². The molecule has 2 aromatic carbocycles. The van der Waals surface area contributed by atoms with Crippen LogP contribution in [0.5, 0.6) is 5.75 Å². The lowest BCUT2D eigenvalue weighted by molar-refractivity contribution is 0.102. The summed E-state index contributed by atoms with van der Waals surface area (Å²) in [4.78, 5) is 12.3. The summed E-state index contributed by atoms with van der Waals surface area (Å²) in [7, 11) is 1.57. The molecule has 1 aromatic heterocycles. The molecule has 1 amide bonds. The van der Waals surface area contributed by atoms with E-state index in [1.54, 1.807) is 43.5 Å². The largest absolute Gasteiger partial charge is 0.497 e. The Balaban J connectivity index is 1.53. The van der Waals surface area contributed by atoms with Crippen LogP contribution >= 0.6 is 11.6 Å². The minimum atomic E-state index is -0.332. The summed E-state index contributed by atoms with van der Waals surface area (Å²) in [6, 6.07) is 18.2.